The van der Waals surface area contributed by atoms with E-state index in [-0.39, 0.29) is 0 Å². The third kappa shape index (κ3) is 2.82. The Bertz CT molecular complexity index is 2560. The molecule has 0 saturated carbocycles. The monoisotopic (exact) mass is 633 g/mol. The lowest BCUT2D eigenvalue weighted by atomic mass is 9.59. The molecule has 0 aliphatic heterocycles. The zero-order chi connectivity index (χ0) is 32.6. The van der Waals surface area contributed by atoms with E-state index < -0.39 is 10.8 Å². The van der Waals surface area contributed by atoms with Gasteiger partial charge in [-0.15, -0.1) is 0 Å². The number of nitrogens with zero attached hydrogens (tertiary/aromatic N) is 3. The van der Waals surface area contributed by atoms with Gasteiger partial charge >= 0.3 is 0 Å². The average molecular weight is 634 g/mol. The van der Waals surface area contributed by atoms with Gasteiger partial charge in [-0.3, -0.25) is 15.0 Å². The Hall–Kier alpha value is -6.45. The van der Waals surface area contributed by atoms with Gasteiger partial charge < -0.3 is 0 Å². The lowest BCUT2D eigenvalue weighted by Crippen LogP contribution is -2.42. The molecule has 0 saturated heterocycles. The minimum atomic E-state index is -0.466. The fraction of sp³-hybridized carbons (Fsp3) is 0.0426. The fourth-order valence-corrected chi connectivity index (χ4v) is 10.4. The number of benzene rings is 6. The van der Waals surface area contributed by atoms with E-state index in [9.17, 15) is 0 Å². The molecule has 3 aliphatic carbocycles. The highest BCUT2D eigenvalue weighted by Gasteiger charge is 2.70. The van der Waals surface area contributed by atoms with Crippen molar-refractivity contribution in [3.8, 4) is 33.8 Å². The van der Waals surface area contributed by atoms with Crippen LogP contribution in [0.3, 0.4) is 0 Å². The van der Waals surface area contributed by atoms with Gasteiger partial charge in [0, 0.05) is 35.3 Å². The maximum atomic E-state index is 4.82. The maximum absolute atomic E-state index is 4.82. The molecule has 6 aromatic carbocycles. The Labute approximate surface area is 288 Å². The number of aromatic nitrogens is 3. The van der Waals surface area contributed by atoms with Gasteiger partial charge in [0.25, 0.3) is 0 Å². The van der Waals surface area contributed by atoms with Crippen LogP contribution in [0.2, 0.25) is 0 Å². The minimum absolute atomic E-state index is 0.466. The van der Waals surface area contributed by atoms with Crippen LogP contribution < -0.4 is 0 Å². The quantitative estimate of drug-likeness (QED) is 0.194. The lowest BCUT2D eigenvalue weighted by Gasteiger charge is -2.40. The topological polar surface area (TPSA) is 38.7 Å². The Morgan fingerprint density at radius 1 is 0.280 bits per heavy atom. The van der Waals surface area contributed by atoms with E-state index in [0.29, 0.717) is 0 Å². The molecule has 0 radical (unpaired) electrons. The van der Waals surface area contributed by atoms with Gasteiger partial charge in [0.2, 0.25) is 0 Å². The predicted molar refractivity (Wildman–Crippen MR) is 201 cm³/mol. The molecule has 0 spiro atoms. The molecule has 0 N–H and O–H groups in total. The Morgan fingerprint density at radius 3 is 0.900 bits per heavy atom. The number of rotatable bonds is 3. The van der Waals surface area contributed by atoms with Crippen molar-refractivity contribution in [1.29, 1.82) is 0 Å². The van der Waals surface area contributed by atoms with E-state index in [1.165, 1.54) is 82.4 Å². The van der Waals surface area contributed by atoms with Gasteiger partial charge in [-0.1, -0.05) is 109 Å². The van der Waals surface area contributed by atoms with Gasteiger partial charge in [-0.25, -0.2) is 0 Å². The highest BCUT2D eigenvalue weighted by Crippen LogP contribution is 2.76. The summed E-state index contributed by atoms with van der Waals surface area (Å²) in [6.07, 6.45) is 5.68. The second-order valence-electron chi connectivity index (χ2n) is 13.8. The van der Waals surface area contributed by atoms with Crippen LogP contribution in [0.4, 0.5) is 0 Å². The van der Waals surface area contributed by atoms with E-state index in [0.717, 1.165) is 17.1 Å². The van der Waals surface area contributed by atoms with Crippen molar-refractivity contribution < 1.29 is 0 Å². The molecule has 3 nitrogen and oxygen atoms in total. The minimum Gasteiger partial charge on any atom is -0.256 e. The molecule has 0 unspecified atom stereocenters. The Balaban J connectivity index is 1.28. The molecule has 3 heteroatoms. The first-order valence-corrected chi connectivity index (χ1v) is 17.3. The first-order chi connectivity index (χ1) is 24.8. The van der Waals surface area contributed by atoms with Crippen molar-refractivity contribution in [2.45, 2.75) is 10.8 Å². The van der Waals surface area contributed by atoms with E-state index in [1.807, 2.05) is 36.8 Å². The van der Waals surface area contributed by atoms with Crippen molar-refractivity contribution in [3.63, 3.8) is 0 Å². The summed E-state index contributed by atoms with van der Waals surface area (Å²) in [7, 11) is 0. The van der Waals surface area contributed by atoms with Crippen LogP contribution in [0.25, 0.3) is 66.1 Å². The van der Waals surface area contributed by atoms with Gasteiger partial charge in [-0.05, 0) is 102 Å². The Kier molecular flexibility index (Phi) is 4.85. The summed E-state index contributed by atoms with van der Waals surface area (Å²) < 4.78 is 0. The predicted octanol–water partition coefficient (Wildman–Crippen LogP) is 10.6. The summed E-state index contributed by atoms with van der Waals surface area (Å²) in [6, 6.07) is 53.7. The van der Waals surface area contributed by atoms with Gasteiger partial charge in [-0.2, -0.15) is 0 Å². The zero-order valence-electron chi connectivity index (χ0n) is 26.9. The van der Waals surface area contributed by atoms with E-state index >= 15 is 0 Å². The SMILES string of the molecule is c1ccc(-c2ccc3c4c(cccc24)C24c5cccc6c(-c7ccccn7)ccc(c56)C32c2ccc(-c3ccccn3)c3cccc4c23)nc1. The highest BCUT2D eigenvalue weighted by atomic mass is 14.7. The molecule has 0 fully saturated rings. The number of pyridine rings is 3. The third-order valence-electron chi connectivity index (χ3n) is 11.9. The van der Waals surface area contributed by atoms with Gasteiger partial charge in [0.15, 0.2) is 0 Å². The van der Waals surface area contributed by atoms with Crippen molar-refractivity contribution in [2.75, 3.05) is 0 Å². The van der Waals surface area contributed by atoms with E-state index in [2.05, 4.69) is 127 Å². The summed E-state index contributed by atoms with van der Waals surface area (Å²) in [5.41, 5.74) is 13.8. The molecule has 3 heterocycles. The third-order valence-corrected chi connectivity index (χ3v) is 11.9. The Morgan fingerprint density at radius 2 is 0.600 bits per heavy atom. The standard InChI is InChI=1S/C47H27N3/c1-4-25-48-40(16-1)28-19-22-37-43-31(28)10-7-13-34(43)46-35-14-8-11-32-29(41-17-2-5-26-49-41)20-23-38(44(32)35)47(37,46)39-24-21-30(42-18-3-6-27-50-42)33-12-9-15-36(46)45(33)39/h1-27H. The molecular weight excluding hydrogens is 607 g/mol. The number of hydrogen-bond donors (Lipinski definition) is 0. The summed E-state index contributed by atoms with van der Waals surface area (Å²) in [5.74, 6) is 0. The van der Waals surface area contributed by atoms with Crippen molar-refractivity contribution in [1.82, 2.24) is 15.0 Å². The molecule has 0 bridgehead atoms. The summed E-state index contributed by atoms with van der Waals surface area (Å²) in [4.78, 5) is 14.5. The largest absolute Gasteiger partial charge is 0.256 e. The smallest absolute Gasteiger partial charge is 0.0708 e. The maximum Gasteiger partial charge on any atom is 0.0708 e. The van der Waals surface area contributed by atoms with Crippen LogP contribution in [0.15, 0.2) is 164 Å². The van der Waals surface area contributed by atoms with Crippen LogP contribution in [-0.2, 0) is 10.8 Å². The first-order valence-electron chi connectivity index (χ1n) is 17.3. The summed E-state index contributed by atoms with van der Waals surface area (Å²) in [5, 5.41) is 7.82. The summed E-state index contributed by atoms with van der Waals surface area (Å²) in [6.45, 7) is 0. The first kappa shape index (κ1) is 26.5. The fourth-order valence-electron chi connectivity index (χ4n) is 10.4. The molecule has 230 valence electrons. The van der Waals surface area contributed by atoms with E-state index in [4.69, 9.17) is 15.0 Å². The second kappa shape index (κ2) is 9.16. The molecule has 50 heavy (non-hydrogen) atoms. The molecule has 0 atom stereocenters. The molecular formula is C47H27N3. The summed E-state index contributed by atoms with van der Waals surface area (Å²) >= 11 is 0. The molecule has 0 amide bonds. The van der Waals surface area contributed by atoms with Crippen LogP contribution in [0.5, 0.6) is 0 Å². The zero-order valence-corrected chi connectivity index (χ0v) is 26.9. The van der Waals surface area contributed by atoms with Crippen molar-refractivity contribution in [2.24, 2.45) is 0 Å². The average Bonchev–Trinajstić information content (AvgIpc) is 3.72. The van der Waals surface area contributed by atoms with Gasteiger partial charge in [0.1, 0.15) is 0 Å². The van der Waals surface area contributed by atoms with Crippen LogP contribution in [0, 0.1) is 0 Å². The molecule has 3 aromatic heterocycles. The van der Waals surface area contributed by atoms with Crippen LogP contribution in [-0.4, -0.2) is 15.0 Å². The number of hydrogen-bond acceptors (Lipinski definition) is 3. The van der Waals surface area contributed by atoms with Crippen molar-refractivity contribution in [3.05, 3.63) is 198 Å². The molecule has 12 rings (SSSR count). The lowest BCUT2D eigenvalue weighted by molar-refractivity contribution is 0.492. The normalized spacial score (nSPS) is 19.0. The van der Waals surface area contributed by atoms with Crippen LogP contribution >= 0.6 is 0 Å². The second-order valence-corrected chi connectivity index (χ2v) is 13.8. The highest BCUT2D eigenvalue weighted by molar-refractivity contribution is 6.17. The van der Waals surface area contributed by atoms with Crippen molar-refractivity contribution >= 4 is 32.3 Å². The molecule has 9 aromatic rings. The van der Waals surface area contributed by atoms with Crippen LogP contribution in [0.1, 0.15) is 33.4 Å². The van der Waals surface area contributed by atoms with Gasteiger partial charge in [0.05, 0.1) is 27.9 Å². The molecule has 3 aliphatic rings. The van der Waals surface area contributed by atoms with E-state index in [1.54, 1.807) is 0 Å².